The van der Waals surface area contributed by atoms with Crippen LogP contribution in [0.1, 0.15) is 57.9 Å². The van der Waals surface area contributed by atoms with Crippen molar-refractivity contribution in [3.8, 4) is 0 Å². The number of nitrogens with zero attached hydrogens (tertiary/aromatic N) is 1. The maximum absolute atomic E-state index is 6.24. The van der Waals surface area contributed by atoms with Crippen molar-refractivity contribution in [2.24, 2.45) is 5.73 Å². The van der Waals surface area contributed by atoms with Crippen molar-refractivity contribution >= 4 is 22.9 Å². The van der Waals surface area contributed by atoms with Gasteiger partial charge in [-0.05, 0) is 45.9 Å². The molecule has 0 saturated heterocycles. The molecule has 0 aliphatic rings. The highest BCUT2D eigenvalue weighted by Crippen LogP contribution is 2.33. The lowest BCUT2D eigenvalue weighted by Crippen LogP contribution is -2.43. The van der Waals surface area contributed by atoms with Crippen molar-refractivity contribution in [2.45, 2.75) is 65.1 Å². The van der Waals surface area contributed by atoms with E-state index in [9.17, 15) is 0 Å². The first-order valence-electron chi connectivity index (χ1n) is 7.24. The molecule has 1 rings (SSSR count). The van der Waals surface area contributed by atoms with E-state index >= 15 is 0 Å². The Balaban J connectivity index is 2.86. The third kappa shape index (κ3) is 5.07. The number of hydrogen-bond acceptors (Lipinski definition) is 3. The third-order valence-corrected chi connectivity index (χ3v) is 4.73. The maximum Gasteiger partial charge on any atom is 0.0931 e. The number of nitrogens with two attached hydrogens (primary N) is 1. The van der Waals surface area contributed by atoms with E-state index in [1.807, 2.05) is 6.07 Å². The molecular weight excluding hydrogens is 276 g/mol. The lowest BCUT2D eigenvalue weighted by molar-refractivity contribution is 0.135. The van der Waals surface area contributed by atoms with E-state index in [4.69, 9.17) is 17.3 Å². The Kier molecular flexibility index (Phi) is 7.37. The normalized spacial score (nSPS) is 15.2. The van der Waals surface area contributed by atoms with Gasteiger partial charge in [0, 0.05) is 17.0 Å². The monoisotopic (exact) mass is 302 g/mol. The van der Waals surface area contributed by atoms with Crippen LogP contribution in [-0.2, 0) is 0 Å². The molecule has 1 heterocycles. The van der Waals surface area contributed by atoms with Crippen molar-refractivity contribution in [2.75, 3.05) is 6.54 Å². The van der Waals surface area contributed by atoms with Crippen LogP contribution in [0.15, 0.2) is 12.1 Å². The van der Waals surface area contributed by atoms with Crippen LogP contribution in [0.25, 0.3) is 0 Å². The number of unbranched alkanes of at least 4 members (excludes halogenated alkanes) is 2. The zero-order valence-corrected chi connectivity index (χ0v) is 14.1. The summed E-state index contributed by atoms with van der Waals surface area (Å²) in [6.45, 7) is 9.93. The highest BCUT2D eigenvalue weighted by Gasteiger charge is 2.27. The van der Waals surface area contributed by atoms with Crippen molar-refractivity contribution in [3.63, 3.8) is 0 Å². The van der Waals surface area contributed by atoms with Gasteiger partial charge in [0.2, 0.25) is 0 Å². The minimum Gasteiger partial charge on any atom is -0.326 e. The fraction of sp³-hybridized carbons (Fsp3) is 0.733. The molecule has 2 nitrogen and oxygen atoms in total. The van der Waals surface area contributed by atoms with Gasteiger partial charge in [0.1, 0.15) is 0 Å². The van der Waals surface area contributed by atoms with E-state index in [0.717, 1.165) is 10.9 Å². The second-order valence-electron chi connectivity index (χ2n) is 5.48. The Hall–Kier alpha value is -0.0900. The van der Waals surface area contributed by atoms with Crippen molar-refractivity contribution in [3.05, 3.63) is 21.3 Å². The highest BCUT2D eigenvalue weighted by atomic mass is 35.5. The first kappa shape index (κ1) is 17.0. The average molecular weight is 303 g/mol. The molecule has 2 unspecified atom stereocenters. The topological polar surface area (TPSA) is 29.3 Å². The lowest BCUT2D eigenvalue weighted by Gasteiger charge is -2.36. The van der Waals surface area contributed by atoms with E-state index in [0.29, 0.717) is 6.04 Å². The van der Waals surface area contributed by atoms with E-state index in [-0.39, 0.29) is 12.1 Å². The molecule has 0 spiro atoms. The molecule has 110 valence electrons. The maximum atomic E-state index is 6.24. The van der Waals surface area contributed by atoms with Crippen LogP contribution >= 0.6 is 22.9 Å². The fourth-order valence-corrected chi connectivity index (χ4v) is 3.77. The molecule has 1 aromatic rings. The van der Waals surface area contributed by atoms with Crippen LogP contribution in [0.3, 0.4) is 0 Å². The SMILES string of the molecule is CCCCCN(C(C)C)C(c1ccc(Cl)s1)C(C)N. The Morgan fingerprint density at radius 2 is 1.95 bits per heavy atom. The van der Waals surface area contributed by atoms with Crippen LogP contribution in [0.2, 0.25) is 4.34 Å². The summed E-state index contributed by atoms with van der Waals surface area (Å²) in [6.07, 6.45) is 3.76. The average Bonchev–Trinajstić information content (AvgIpc) is 2.73. The molecule has 0 aliphatic heterocycles. The summed E-state index contributed by atoms with van der Waals surface area (Å²) < 4.78 is 0.845. The molecule has 0 aliphatic carbocycles. The van der Waals surface area contributed by atoms with Gasteiger partial charge >= 0.3 is 0 Å². The molecule has 0 saturated carbocycles. The second kappa shape index (κ2) is 8.25. The van der Waals surface area contributed by atoms with E-state index in [1.165, 1.54) is 24.1 Å². The van der Waals surface area contributed by atoms with Gasteiger partial charge in [-0.1, -0.05) is 31.4 Å². The highest BCUT2D eigenvalue weighted by molar-refractivity contribution is 7.16. The third-order valence-electron chi connectivity index (χ3n) is 3.42. The molecular formula is C15H27ClN2S. The Labute approximate surface area is 126 Å². The number of halogens is 1. The van der Waals surface area contributed by atoms with Gasteiger partial charge in [-0.15, -0.1) is 11.3 Å². The summed E-state index contributed by atoms with van der Waals surface area (Å²) in [5.41, 5.74) is 6.24. The zero-order valence-electron chi connectivity index (χ0n) is 12.5. The summed E-state index contributed by atoms with van der Waals surface area (Å²) in [5, 5.41) is 0. The quantitative estimate of drug-likeness (QED) is 0.706. The van der Waals surface area contributed by atoms with Crippen molar-refractivity contribution in [1.29, 1.82) is 0 Å². The van der Waals surface area contributed by atoms with Crippen LogP contribution in [0.4, 0.5) is 0 Å². The first-order valence-corrected chi connectivity index (χ1v) is 8.43. The van der Waals surface area contributed by atoms with Crippen LogP contribution < -0.4 is 5.73 Å². The van der Waals surface area contributed by atoms with Gasteiger partial charge in [0.25, 0.3) is 0 Å². The molecule has 1 aromatic heterocycles. The summed E-state index contributed by atoms with van der Waals surface area (Å²) in [7, 11) is 0. The molecule has 0 radical (unpaired) electrons. The summed E-state index contributed by atoms with van der Waals surface area (Å²) in [6, 6.07) is 4.97. The molecule has 4 heteroatoms. The Morgan fingerprint density at radius 1 is 1.26 bits per heavy atom. The molecule has 0 bridgehead atoms. The molecule has 0 aromatic carbocycles. The van der Waals surface area contributed by atoms with Crippen LogP contribution in [-0.4, -0.2) is 23.5 Å². The second-order valence-corrected chi connectivity index (χ2v) is 7.23. The molecule has 0 fully saturated rings. The van der Waals surface area contributed by atoms with Gasteiger partial charge in [-0.2, -0.15) is 0 Å². The predicted molar refractivity (Wildman–Crippen MR) is 87.1 cm³/mol. The fourth-order valence-electron chi connectivity index (χ4n) is 2.47. The van der Waals surface area contributed by atoms with Crippen molar-refractivity contribution in [1.82, 2.24) is 4.90 Å². The van der Waals surface area contributed by atoms with E-state index in [1.54, 1.807) is 11.3 Å². The Morgan fingerprint density at radius 3 is 2.37 bits per heavy atom. The number of thiophene rings is 1. The van der Waals surface area contributed by atoms with E-state index < -0.39 is 0 Å². The van der Waals surface area contributed by atoms with Crippen LogP contribution in [0, 0.1) is 0 Å². The van der Waals surface area contributed by atoms with Gasteiger partial charge in [0.05, 0.1) is 10.4 Å². The number of rotatable bonds is 8. The summed E-state index contributed by atoms with van der Waals surface area (Å²) in [4.78, 5) is 3.80. The lowest BCUT2D eigenvalue weighted by atomic mass is 10.0. The van der Waals surface area contributed by atoms with Gasteiger partial charge < -0.3 is 5.73 Å². The zero-order chi connectivity index (χ0) is 14.4. The Bertz CT molecular complexity index is 363. The number of hydrogen-bond donors (Lipinski definition) is 1. The van der Waals surface area contributed by atoms with Gasteiger partial charge in [0.15, 0.2) is 0 Å². The standard InChI is InChI=1S/C15H27ClN2S/c1-5-6-7-10-18(11(2)3)15(12(4)17)13-8-9-14(16)19-13/h8-9,11-12,15H,5-7,10,17H2,1-4H3. The minimum atomic E-state index is 0.110. The molecule has 0 amide bonds. The smallest absolute Gasteiger partial charge is 0.0931 e. The molecule has 2 N–H and O–H groups in total. The minimum absolute atomic E-state index is 0.110. The summed E-state index contributed by atoms with van der Waals surface area (Å²) in [5.74, 6) is 0. The predicted octanol–water partition coefficient (Wildman–Crippen LogP) is 4.69. The molecule has 2 atom stereocenters. The molecule has 19 heavy (non-hydrogen) atoms. The largest absolute Gasteiger partial charge is 0.326 e. The van der Waals surface area contributed by atoms with Gasteiger partial charge in [-0.3, -0.25) is 4.90 Å². The van der Waals surface area contributed by atoms with E-state index in [2.05, 4.69) is 38.7 Å². The van der Waals surface area contributed by atoms with Crippen LogP contribution in [0.5, 0.6) is 0 Å². The first-order chi connectivity index (χ1) is 8.97. The van der Waals surface area contributed by atoms with Gasteiger partial charge in [-0.25, -0.2) is 0 Å². The summed E-state index contributed by atoms with van der Waals surface area (Å²) >= 11 is 7.73. The van der Waals surface area contributed by atoms with Crippen molar-refractivity contribution < 1.29 is 0 Å².